The summed E-state index contributed by atoms with van der Waals surface area (Å²) in [6.45, 7) is 0. The lowest BCUT2D eigenvalue weighted by atomic mass is 10.1. The maximum absolute atomic E-state index is 6.00. The van der Waals surface area contributed by atoms with Crippen LogP contribution in [0.2, 0.25) is 5.02 Å². The number of aromatic nitrogens is 3. The van der Waals surface area contributed by atoms with E-state index in [4.69, 9.17) is 16.1 Å². The van der Waals surface area contributed by atoms with Gasteiger partial charge >= 0.3 is 0 Å². The molecule has 2 aromatic heterocycles. The largest absolute Gasteiger partial charge is 0.358 e. The number of hydrogen-bond acceptors (Lipinski definition) is 3. The minimum absolute atomic E-state index is 0.470. The van der Waals surface area contributed by atoms with Crippen LogP contribution in [0, 0.1) is 0 Å². The van der Waals surface area contributed by atoms with E-state index in [2.05, 4.69) is 43.2 Å². The smallest absolute Gasteiger partial charge is 0.259 e. The quantitative estimate of drug-likeness (QED) is 0.452. The number of benzene rings is 2. The van der Waals surface area contributed by atoms with Gasteiger partial charge in [0.2, 0.25) is 5.82 Å². The molecule has 0 aliphatic heterocycles. The van der Waals surface area contributed by atoms with Crippen LogP contribution in [0.3, 0.4) is 0 Å². The third kappa shape index (κ3) is 2.50. The molecule has 0 saturated heterocycles. The first-order chi connectivity index (χ1) is 12.2. The molecular weight excluding hydrogens is 402 g/mol. The molecule has 4 aromatic rings. The molecule has 0 radical (unpaired) electrons. The van der Waals surface area contributed by atoms with Crippen LogP contribution >= 0.6 is 27.5 Å². The molecule has 0 amide bonds. The fourth-order valence-electron chi connectivity index (χ4n) is 3.50. The molecule has 0 fully saturated rings. The molecule has 0 saturated carbocycles. The molecule has 2 heterocycles. The second kappa shape index (κ2) is 5.71. The summed E-state index contributed by atoms with van der Waals surface area (Å²) in [6, 6.07) is 11.8. The van der Waals surface area contributed by atoms with Gasteiger partial charge in [-0.05, 0) is 77.2 Å². The Labute approximate surface area is 157 Å². The molecule has 25 heavy (non-hydrogen) atoms. The minimum Gasteiger partial charge on any atom is -0.358 e. The van der Waals surface area contributed by atoms with Crippen molar-refractivity contribution >= 4 is 38.4 Å². The normalized spacial score (nSPS) is 13.5. The number of H-pyrrole nitrogens is 1. The highest BCUT2D eigenvalue weighted by atomic mass is 79.9. The molecule has 0 bridgehead atoms. The molecule has 124 valence electrons. The molecule has 0 unspecified atom stereocenters. The lowest BCUT2D eigenvalue weighted by molar-refractivity contribution is 0.432. The second-order valence-corrected chi connectivity index (χ2v) is 7.53. The zero-order chi connectivity index (χ0) is 17.0. The van der Waals surface area contributed by atoms with Crippen molar-refractivity contribution in [2.75, 3.05) is 0 Å². The van der Waals surface area contributed by atoms with Crippen LogP contribution in [0.25, 0.3) is 33.7 Å². The highest BCUT2D eigenvalue weighted by Gasteiger charge is 2.19. The Bertz CT molecular complexity index is 1120. The third-order valence-electron chi connectivity index (χ3n) is 4.69. The van der Waals surface area contributed by atoms with Gasteiger partial charge in [-0.3, -0.25) is 0 Å². The first kappa shape index (κ1) is 15.2. The Balaban J connectivity index is 1.58. The second-order valence-electron chi connectivity index (χ2n) is 6.24. The van der Waals surface area contributed by atoms with Crippen molar-refractivity contribution in [3.8, 4) is 22.8 Å². The van der Waals surface area contributed by atoms with Crippen LogP contribution in [0.5, 0.6) is 0 Å². The van der Waals surface area contributed by atoms with Gasteiger partial charge in [-0.25, -0.2) is 0 Å². The highest BCUT2D eigenvalue weighted by molar-refractivity contribution is 9.10. The van der Waals surface area contributed by atoms with Crippen LogP contribution in [0.15, 0.2) is 45.4 Å². The molecule has 6 heteroatoms. The van der Waals surface area contributed by atoms with Crippen molar-refractivity contribution in [3.63, 3.8) is 0 Å². The number of nitrogens with one attached hydrogen (secondary N) is 1. The number of aromatic amines is 1. The number of rotatable bonds is 2. The van der Waals surface area contributed by atoms with Crippen LogP contribution in [-0.4, -0.2) is 15.1 Å². The van der Waals surface area contributed by atoms with Crippen molar-refractivity contribution in [1.29, 1.82) is 0 Å². The third-order valence-corrected chi connectivity index (χ3v) is 5.59. The van der Waals surface area contributed by atoms with Crippen LogP contribution in [0.1, 0.15) is 17.7 Å². The van der Waals surface area contributed by atoms with Crippen LogP contribution in [-0.2, 0) is 12.8 Å². The van der Waals surface area contributed by atoms with Crippen molar-refractivity contribution in [2.24, 2.45) is 0 Å². The van der Waals surface area contributed by atoms with E-state index in [1.54, 1.807) is 6.07 Å². The van der Waals surface area contributed by atoms with E-state index in [1.807, 2.05) is 18.2 Å². The molecular formula is C19H13BrClN3O. The van der Waals surface area contributed by atoms with Crippen LogP contribution in [0.4, 0.5) is 0 Å². The van der Waals surface area contributed by atoms with E-state index in [1.165, 1.54) is 28.6 Å². The summed E-state index contributed by atoms with van der Waals surface area (Å²) < 4.78 is 6.30. The van der Waals surface area contributed by atoms with E-state index in [0.717, 1.165) is 28.4 Å². The number of hydrogen-bond donors (Lipinski definition) is 1. The first-order valence-electron chi connectivity index (χ1n) is 8.12. The Morgan fingerprint density at radius 3 is 2.92 bits per heavy atom. The fourth-order valence-corrected chi connectivity index (χ4v) is 4.35. The van der Waals surface area contributed by atoms with Gasteiger partial charge in [-0.15, -0.1) is 0 Å². The van der Waals surface area contributed by atoms with Gasteiger partial charge in [0.15, 0.2) is 0 Å². The van der Waals surface area contributed by atoms with Crippen molar-refractivity contribution < 1.29 is 4.52 Å². The topological polar surface area (TPSA) is 54.7 Å². The SMILES string of the molecule is Clc1ccc(-c2nc(-c3ccc4[nH]c5c(c4c3)CCC5)no2)c(Br)c1. The summed E-state index contributed by atoms with van der Waals surface area (Å²) in [5, 5.41) is 6.08. The molecule has 1 N–H and O–H groups in total. The monoisotopic (exact) mass is 413 g/mol. The minimum atomic E-state index is 0.470. The number of fused-ring (bicyclic) bond motifs is 3. The predicted molar refractivity (Wildman–Crippen MR) is 102 cm³/mol. The van der Waals surface area contributed by atoms with E-state index < -0.39 is 0 Å². The molecule has 5 rings (SSSR count). The van der Waals surface area contributed by atoms with Gasteiger partial charge in [0.25, 0.3) is 5.89 Å². The van der Waals surface area contributed by atoms with Gasteiger partial charge in [-0.2, -0.15) is 4.98 Å². The van der Waals surface area contributed by atoms with Gasteiger partial charge in [0.05, 0.1) is 5.56 Å². The van der Waals surface area contributed by atoms with Crippen molar-refractivity contribution in [1.82, 2.24) is 15.1 Å². The molecule has 2 aromatic carbocycles. The Morgan fingerprint density at radius 1 is 1.12 bits per heavy atom. The van der Waals surface area contributed by atoms with Gasteiger partial charge in [0, 0.05) is 31.7 Å². The van der Waals surface area contributed by atoms with Gasteiger partial charge in [-0.1, -0.05) is 16.8 Å². The van der Waals surface area contributed by atoms with Crippen molar-refractivity contribution in [3.05, 3.63) is 57.2 Å². The Kier molecular flexibility index (Phi) is 3.47. The lowest BCUT2D eigenvalue weighted by Gasteiger charge is -1.99. The maximum atomic E-state index is 6.00. The van der Waals surface area contributed by atoms with Gasteiger partial charge < -0.3 is 9.51 Å². The Hall–Kier alpha value is -2.11. The maximum Gasteiger partial charge on any atom is 0.259 e. The zero-order valence-electron chi connectivity index (χ0n) is 13.1. The average Bonchev–Trinajstić information content (AvgIpc) is 3.30. The molecule has 0 spiro atoms. The molecule has 1 aliphatic rings. The summed E-state index contributed by atoms with van der Waals surface area (Å²) in [5.74, 6) is 1.06. The zero-order valence-corrected chi connectivity index (χ0v) is 15.5. The predicted octanol–water partition coefficient (Wildman–Crippen LogP) is 5.79. The summed E-state index contributed by atoms with van der Waals surface area (Å²) in [5.41, 5.74) is 5.76. The average molecular weight is 415 g/mol. The molecule has 0 atom stereocenters. The summed E-state index contributed by atoms with van der Waals surface area (Å²) in [7, 11) is 0. The summed E-state index contributed by atoms with van der Waals surface area (Å²) in [4.78, 5) is 8.08. The first-order valence-corrected chi connectivity index (χ1v) is 9.29. The highest BCUT2D eigenvalue weighted by Crippen LogP contribution is 2.34. The van der Waals surface area contributed by atoms with E-state index in [-0.39, 0.29) is 0 Å². The number of nitrogens with zero attached hydrogens (tertiary/aromatic N) is 2. The van der Waals surface area contributed by atoms with E-state index >= 15 is 0 Å². The lowest BCUT2D eigenvalue weighted by Crippen LogP contribution is -1.84. The summed E-state index contributed by atoms with van der Waals surface area (Å²) in [6.07, 6.45) is 3.49. The number of aryl methyl sites for hydroxylation is 2. The molecule has 1 aliphatic carbocycles. The van der Waals surface area contributed by atoms with Crippen LogP contribution < -0.4 is 0 Å². The summed E-state index contributed by atoms with van der Waals surface area (Å²) >= 11 is 9.49. The van der Waals surface area contributed by atoms with Crippen molar-refractivity contribution in [2.45, 2.75) is 19.3 Å². The number of halogens is 2. The Morgan fingerprint density at radius 2 is 2.04 bits per heavy atom. The fraction of sp³-hybridized carbons (Fsp3) is 0.158. The van der Waals surface area contributed by atoms with E-state index in [0.29, 0.717) is 16.7 Å². The molecule has 4 nitrogen and oxygen atoms in total. The van der Waals surface area contributed by atoms with E-state index in [9.17, 15) is 0 Å². The standard InChI is InChI=1S/C19H13BrClN3O/c20-15-9-11(21)5-6-13(15)19-23-18(24-25-19)10-4-7-17-14(8-10)12-2-1-3-16(12)22-17/h4-9,22H,1-3H2. The van der Waals surface area contributed by atoms with Gasteiger partial charge in [0.1, 0.15) is 0 Å².